The molecule has 0 bridgehead atoms. The predicted octanol–water partition coefficient (Wildman–Crippen LogP) is 2.17. The smallest absolute Gasteiger partial charge is 0.0929 e. The van der Waals surface area contributed by atoms with E-state index in [0.717, 1.165) is 23.0 Å². The average molecular weight is 210 g/mol. The van der Waals surface area contributed by atoms with E-state index in [2.05, 4.69) is 26.5 Å². The van der Waals surface area contributed by atoms with Gasteiger partial charge in [-0.25, -0.2) is 0 Å². The molecule has 2 aromatic rings. The van der Waals surface area contributed by atoms with Gasteiger partial charge < -0.3 is 0 Å². The maximum Gasteiger partial charge on any atom is 0.0929 e. The van der Waals surface area contributed by atoms with E-state index >= 15 is 0 Å². The zero-order valence-corrected chi connectivity index (χ0v) is 8.61. The Morgan fingerprint density at radius 3 is 2.88 bits per heavy atom. The molecule has 0 saturated carbocycles. The van der Waals surface area contributed by atoms with E-state index in [1.807, 2.05) is 36.7 Å². The SMILES string of the molecule is C1=NN=CC(c2cc3ccccc3nn2)C1. The summed E-state index contributed by atoms with van der Waals surface area (Å²) in [6.07, 6.45) is 4.47. The number of nitrogens with zero attached hydrogens (tertiary/aromatic N) is 4. The number of benzene rings is 1. The molecule has 1 unspecified atom stereocenters. The molecular weight excluding hydrogens is 200 g/mol. The van der Waals surface area contributed by atoms with Crippen LogP contribution in [0.3, 0.4) is 0 Å². The Morgan fingerprint density at radius 2 is 2.00 bits per heavy atom. The summed E-state index contributed by atoms with van der Waals surface area (Å²) in [5, 5.41) is 17.2. The summed E-state index contributed by atoms with van der Waals surface area (Å²) in [6.45, 7) is 0. The third-order valence-electron chi connectivity index (χ3n) is 2.65. The summed E-state index contributed by atoms with van der Waals surface area (Å²) < 4.78 is 0. The van der Waals surface area contributed by atoms with Crippen molar-refractivity contribution in [3.8, 4) is 0 Å². The second-order valence-corrected chi connectivity index (χ2v) is 3.73. The van der Waals surface area contributed by atoms with Gasteiger partial charge in [0.1, 0.15) is 0 Å². The van der Waals surface area contributed by atoms with Crippen LogP contribution in [0.1, 0.15) is 18.0 Å². The van der Waals surface area contributed by atoms with Crippen LogP contribution in [0.2, 0.25) is 0 Å². The molecule has 1 aromatic carbocycles. The van der Waals surface area contributed by atoms with Gasteiger partial charge in [-0.2, -0.15) is 20.4 Å². The van der Waals surface area contributed by atoms with Gasteiger partial charge >= 0.3 is 0 Å². The number of hydrogen-bond donors (Lipinski definition) is 0. The standard InChI is InChI=1S/C12H10N4/c1-2-4-11-9(3-1)7-12(16-15-11)10-5-6-13-14-8-10/h1-4,6-8,10H,5H2. The molecule has 2 heterocycles. The molecule has 78 valence electrons. The Balaban J connectivity index is 2.05. The Bertz CT molecular complexity index is 574. The van der Waals surface area contributed by atoms with Crippen molar-refractivity contribution in [1.29, 1.82) is 0 Å². The molecule has 0 N–H and O–H groups in total. The van der Waals surface area contributed by atoms with Gasteiger partial charge in [0.05, 0.1) is 11.2 Å². The number of fused-ring (bicyclic) bond motifs is 1. The summed E-state index contributed by atoms with van der Waals surface area (Å²) in [5.41, 5.74) is 1.88. The van der Waals surface area contributed by atoms with E-state index in [4.69, 9.17) is 0 Å². The van der Waals surface area contributed by atoms with Gasteiger partial charge in [0, 0.05) is 23.7 Å². The fourth-order valence-corrected chi connectivity index (χ4v) is 1.77. The van der Waals surface area contributed by atoms with Gasteiger partial charge in [-0.05, 0) is 18.6 Å². The Hall–Kier alpha value is -2.10. The van der Waals surface area contributed by atoms with Crippen LogP contribution in [0.25, 0.3) is 10.9 Å². The highest BCUT2D eigenvalue weighted by molar-refractivity contribution is 5.81. The summed E-state index contributed by atoms with van der Waals surface area (Å²) in [5.74, 6) is 0.203. The highest BCUT2D eigenvalue weighted by atomic mass is 15.2. The third-order valence-corrected chi connectivity index (χ3v) is 2.65. The Morgan fingerprint density at radius 1 is 1.06 bits per heavy atom. The number of hydrogen-bond acceptors (Lipinski definition) is 4. The summed E-state index contributed by atoms with van der Waals surface area (Å²) in [7, 11) is 0. The predicted molar refractivity (Wildman–Crippen MR) is 63.9 cm³/mol. The van der Waals surface area contributed by atoms with Crippen molar-refractivity contribution in [2.24, 2.45) is 10.2 Å². The number of aromatic nitrogens is 2. The minimum absolute atomic E-state index is 0.203. The normalized spacial score (nSPS) is 19.1. The lowest BCUT2D eigenvalue weighted by Crippen LogP contribution is -2.07. The van der Waals surface area contributed by atoms with Crippen LogP contribution < -0.4 is 0 Å². The topological polar surface area (TPSA) is 50.5 Å². The van der Waals surface area contributed by atoms with E-state index < -0.39 is 0 Å². The summed E-state index contributed by atoms with van der Waals surface area (Å²) in [6, 6.07) is 10.0. The second-order valence-electron chi connectivity index (χ2n) is 3.73. The third kappa shape index (κ3) is 1.58. The first kappa shape index (κ1) is 9.15. The molecule has 0 radical (unpaired) electrons. The van der Waals surface area contributed by atoms with E-state index in [1.165, 1.54) is 0 Å². The van der Waals surface area contributed by atoms with E-state index in [1.54, 1.807) is 0 Å². The first-order valence-electron chi connectivity index (χ1n) is 5.21. The van der Waals surface area contributed by atoms with Crippen molar-refractivity contribution in [3.63, 3.8) is 0 Å². The zero-order chi connectivity index (χ0) is 10.8. The molecule has 1 aliphatic heterocycles. The lowest BCUT2D eigenvalue weighted by atomic mass is 10.0. The minimum atomic E-state index is 0.203. The second kappa shape index (κ2) is 3.81. The minimum Gasteiger partial charge on any atom is -0.164 e. The molecule has 4 nitrogen and oxygen atoms in total. The quantitative estimate of drug-likeness (QED) is 0.724. The van der Waals surface area contributed by atoms with Gasteiger partial charge in [0.25, 0.3) is 0 Å². The molecule has 0 aliphatic carbocycles. The Kier molecular flexibility index (Phi) is 2.18. The maximum atomic E-state index is 4.23. The lowest BCUT2D eigenvalue weighted by molar-refractivity contribution is 0.852. The monoisotopic (exact) mass is 210 g/mol. The van der Waals surface area contributed by atoms with Crippen LogP contribution in [-0.4, -0.2) is 22.6 Å². The summed E-state index contributed by atoms with van der Waals surface area (Å²) >= 11 is 0. The lowest BCUT2D eigenvalue weighted by Gasteiger charge is -2.10. The van der Waals surface area contributed by atoms with Gasteiger partial charge in [-0.15, -0.1) is 0 Å². The van der Waals surface area contributed by atoms with Crippen molar-refractivity contribution in [2.45, 2.75) is 12.3 Å². The summed E-state index contributed by atoms with van der Waals surface area (Å²) in [4.78, 5) is 0. The first-order chi connectivity index (χ1) is 7.93. The molecule has 0 amide bonds. The fourth-order valence-electron chi connectivity index (χ4n) is 1.77. The highest BCUT2D eigenvalue weighted by Crippen LogP contribution is 2.19. The van der Waals surface area contributed by atoms with Crippen LogP contribution in [0.5, 0.6) is 0 Å². The van der Waals surface area contributed by atoms with Crippen molar-refractivity contribution in [3.05, 3.63) is 36.0 Å². The van der Waals surface area contributed by atoms with E-state index in [-0.39, 0.29) is 5.92 Å². The van der Waals surface area contributed by atoms with Gasteiger partial charge in [0.2, 0.25) is 0 Å². The molecule has 1 atom stereocenters. The van der Waals surface area contributed by atoms with E-state index in [9.17, 15) is 0 Å². The molecule has 1 aromatic heterocycles. The van der Waals surface area contributed by atoms with E-state index in [0.29, 0.717) is 0 Å². The van der Waals surface area contributed by atoms with Crippen molar-refractivity contribution >= 4 is 23.3 Å². The van der Waals surface area contributed by atoms with Crippen molar-refractivity contribution < 1.29 is 0 Å². The van der Waals surface area contributed by atoms with Crippen LogP contribution in [-0.2, 0) is 0 Å². The van der Waals surface area contributed by atoms with Crippen LogP contribution in [0.4, 0.5) is 0 Å². The van der Waals surface area contributed by atoms with Crippen molar-refractivity contribution in [1.82, 2.24) is 10.2 Å². The number of rotatable bonds is 1. The highest BCUT2D eigenvalue weighted by Gasteiger charge is 2.12. The molecular formula is C12H10N4. The molecule has 0 saturated heterocycles. The zero-order valence-electron chi connectivity index (χ0n) is 8.61. The van der Waals surface area contributed by atoms with Gasteiger partial charge in [-0.3, -0.25) is 0 Å². The molecule has 4 heteroatoms. The van der Waals surface area contributed by atoms with Crippen molar-refractivity contribution in [2.75, 3.05) is 0 Å². The van der Waals surface area contributed by atoms with Crippen LogP contribution in [0, 0.1) is 0 Å². The first-order valence-corrected chi connectivity index (χ1v) is 5.21. The molecule has 0 spiro atoms. The maximum absolute atomic E-state index is 4.23. The largest absolute Gasteiger partial charge is 0.164 e. The van der Waals surface area contributed by atoms with Crippen LogP contribution >= 0.6 is 0 Å². The average Bonchev–Trinajstić information content (AvgIpc) is 2.39. The molecule has 16 heavy (non-hydrogen) atoms. The Labute approximate surface area is 92.7 Å². The van der Waals surface area contributed by atoms with Crippen LogP contribution in [0.15, 0.2) is 40.5 Å². The molecule has 1 aliphatic rings. The molecule has 3 rings (SSSR count). The van der Waals surface area contributed by atoms with Gasteiger partial charge in [0.15, 0.2) is 0 Å². The fraction of sp³-hybridized carbons (Fsp3) is 0.167. The molecule has 0 fully saturated rings. The van der Waals surface area contributed by atoms with Gasteiger partial charge in [-0.1, -0.05) is 18.2 Å².